The predicted molar refractivity (Wildman–Crippen MR) is 84.8 cm³/mol. The molecule has 0 saturated carbocycles. The molecule has 0 radical (unpaired) electrons. The van der Waals surface area contributed by atoms with Gasteiger partial charge in [-0.3, -0.25) is 4.79 Å². The van der Waals surface area contributed by atoms with Gasteiger partial charge in [0.25, 0.3) is 0 Å². The van der Waals surface area contributed by atoms with Gasteiger partial charge in [-0.25, -0.2) is 0 Å². The van der Waals surface area contributed by atoms with Crippen LogP contribution >= 0.6 is 0 Å². The van der Waals surface area contributed by atoms with Crippen LogP contribution in [0, 0.1) is 0 Å². The fourth-order valence-electron chi connectivity index (χ4n) is 1.97. The van der Waals surface area contributed by atoms with Crippen LogP contribution < -0.4 is 5.32 Å². The van der Waals surface area contributed by atoms with Crippen LogP contribution in [-0.2, 0) is 16.8 Å². The lowest BCUT2D eigenvalue weighted by Crippen LogP contribution is -2.42. The summed E-state index contributed by atoms with van der Waals surface area (Å²) in [7, 11) is 1.83. The Morgan fingerprint density at radius 2 is 1.80 bits per heavy atom. The normalized spacial score (nSPS) is 13.1. The average Bonchev–Trinajstić information content (AvgIpc) is 2.42. The summed E-state index contributed by atoms with van der Waals surface area (Å²) in [5, 5.41) is 3.28. The Bertz CT molecular complexity index is 431. The molecule has 112 valence electrons. The second-order valence-electron chi connectivity index (χ2n) is 6.40. The molecular weight excluding hydrogens is 248 g/mol. The fraction of sp³-hybridized carbons (Fsp3) is 0.588. The smallest absolute Gasteiger partial charge is 0.239 e. The van der Waals surface area contributed by atoms with Crippen molar-refractivity contribution < 1.29 is 4.79 Å². The molecule has 0 aromatic heterocycles. The first-order valence-corrected chi connectivity index (χ1v) is 7.33. The van der Waals surface area contributed by atoms with Crippen molar-refractivity contribution in [3.8, 4) is 0 Å². The zero-order valence-electron chi connectivity index (χ0n) is 13.7. The summed E-state index contributed by atoms with van der Waals surface area (Å²) in [6.45, 7) is 12.0. The minimum Gasteiger partial charge on any atom is -0.345 e. The first kappa shape index (κ1) is 16.7. The van der Waals surface area contributed by atoms with Crippen LogP contribution in [0.15, 0.2) is 24.3 Å². The Labute approximate surface area is 123 Å². The van der Waals surface area contributed by atoms with Crippen molar-refractivity contribution in [2.24, 2.45) is 0 Å². The highest BCUT2D eigenvalue weighted by atomic mass is 16.2. The third kappa shape index (κ3) is 4.64. The summed E-state index contributed by atoms with van der Waals surface area (Å²) in [5.41, 5.74) is 2.71. The van der Waals surface area contributed by atoms with Gasteiger partial charge in [-0.2, -0.15) is 0 Å². The lowest BCUT2D eigenvalue weighted by Gasteiger charge is -2.21. The maximum absolute atomic E-state index is 11.9. The summed E-state index contributed by atoms with van der Waals surface area (Å²) >= 11 is 0. The Morgan fingerprint density at radius 1 is 1.25 bits per heavy atom. The van der Waals surface area contributed by atoms with Crippen LogP contribution in [0.4, 0.5) is 0 Å². The number of rotatable bonds is 5. The Kier molecular flexibility index (Phi) is 5.75. The average molecular weight is 276 g/mol. The summed E-state index contributed by atoms with van der Waals surface area (Å²) in [5.74, 6) is 0.138. The molecule has 1 rings (SSSR count). The highest BCUT2D eigenvalue weighted by molar-refractivity contribution is 5.81. The van der Waals surface area contributed by atoms with Gasteiger partial charge in [0.1, 0.15) is 0 Å². The van der Waals surface area contributed by atoms with E-state index < -0.39 is 0 Å². The van der Waals surface area contributed by atoms with Crippen molar-refractivity contribution in [1.82, 2.24) is 10.2 Å². The number of nitrogens with one attached hydrogen (secondary N) is 1. The van der Waals surface area contributed by atoms with Crippen LogP contribution in [0.25, 0.3) is 0 Å². The quantitative estimate of drug-likeness (QED) is 0.897. The molecule has 0 saturated heterocycles. The molecule has 0 aliphatic rings. The Hall–Kier alpha value is -1.35. The largest absolute Gasteiger partial charge is 0.345 e. The van der Waals surface area contributed by atoms with Gasteiger partial charge in [-0.05, 0) is 30.4 Å². The van der Waals surface area contributed by atoms with Crippen molar-refractivity contribution in [2.75, 3.05) is 13.6 Å². The second-order valence-corrected chi connectivity index (χ2v) is 6.40. The van der Waals surface area contributed by atoms with Crippen LogP contribution in [0.2, 0.25) is 0 Å². The van der Waals surface area contributed by atoms with Gasteiger partial charge in [-0.15, -0.1) is 0 Å². The molecule has 3 nitrogen and oxygen atoms in total. The van der Waals surface area contributed by atoms with Gasteiger partial charge < -0.3 is 10.2 Å². The van der Waals surface area contributed by atoms with Gasteiger partial charge in [0.05, 0.1) is 6.04 Å². The number of benzene rings is 1. The maximum atomic E-state index is 11.9. The molecule has 0 fully saturated rings. The minimum absolute atomic E-state index is 0.138. The number of carbonyl (C=O) groups excluding carboxylic acids is 1. The Balaban J connectivity index is 2.56. The fourth-order valence-corrected chi connectivity index (χ4v) is 1.97. The standard InChI is InChI=1S/C17H28N2O/c1-7-19(6)16(20)13(2)18-12-14-8-10-15(11-9-14)17(3,4)5/h8-11,13,18H,7,12H2,1-6H3. The SMILES string of the molecule is CCN(C)C(=O)C(C)NCc1ccc(C(C)(C)C)cc1. The van der Waals surface area contributed by atoms with Crippen LogP contribution in [0.3, 0.4) is 0 Å². The van der Waals surface area contributed by atoms with E-state index in [4.69, 9.17) is 0 Å². The lowest BCUT2D eigenvalue weighted by atomic mass is 9.87. The lowest BCUT2D eigenvalue weighted by molar-refractivity contribution is -0.131. The van der Waals surface area contributed by atoms with Gasteiger partial charge in [0.15, 0.2) is 0 Å². The van der Waals surface area contributed by atoms with Crippen molar-refractivity contribution in [1.29, 1.82) is 0 Å². The van der Waals surface area contributed by atoms with Crippen LogP contribution in [0.5, 0.6) is 0 Å². The van der Waals surface area contributed by atoms with Gasteiger partial charge in [0, 0.05) is 20.1 Å². The molecule has 1 N–H and O–H groups in total. The molecule has 0 spiro atoms. The molecule has 1 unspecified atom stereocenters. The van der Waals surface area contributed by atoms with E-state index in [0.717, 1.165) is 13.1 Å². The van der Waals surface area contributed by atoms with E-state index in [1.54, 1.807) is 4.90 Å². The number of nitrogens with zero attached hydrogens (tertiary/aromatic N) is 1. The summed E-state index contributed by atoms with van der Waals surface area (Å²) in [4.78, 5) is 13.7. The van der Waals surface area contributed by atoms with E-state index in [-0.39, 0.29) is 17.4 Å². The molecule has 3 heteroatoms. The minimum atomic E-state index is -0.151. The molecule has 0 aliphatic carbocycles. The van der Waals surface area contributed by atoms with Gasteiger partial charge in [-0.1, -0.05) is 45.0 Å². The van der Waals surface area contributed by atoms with E-state index in [9.17, 15) is 4.79 Å². The van der Waals surface area contributed by atoms with E-state index in [0.29, 0.717) is 0 Å². The highest BCUT2D eigenvalue weighted by Crippen LogP contribution is 2.22. The first-order valence-electron chi connectivity index (χ1n) is 7.33. The number of hydrogen-bond acceptors (Lipinski definition) is 2. The van der Waals surface area contributed by atoms with Crippen molar-refractivity contribution in [2.45, 2.75) is 52.6 Å². The molecule has 1 aromatic carbocycles. The molecule has 1 atom stereocenters. The van der Waals surface area contributed by atoms with E-state index in [1.807, 2.05) is 20.9 Å². The van der Waals surface area contributed by atoms with Crippen molar-refractivity contribution in [3.05, 3.63) is 35.4 Å². The monoisotopic (exact) mass is 276 g/mol. The van der Waals surface area contributed by atoms with Crippen LogP contribution in [-0.4, -0.2) is 30.4 Å². The van der Waals surface area contributed by atoms with E-state index in [1.165, 1.54) is 11.1 Å². The first-order chi connectivity index (χ1) is 9.25. The molecule has 1 amide bonds. The summed E-state index contributed by atoms with van der Waals surface area (Å²) < 4.78 is 0. The molecule has 0 bridgehead atoms. The number of hydrogen-bond donors (Lipinski definition) is 1. The number of carbonyl (C=O) groups is 1. The zero-order chi connectivity index (χ0) is 15.3. The highest BCUT2D eigenvalue weighted by Gasteiger charge is 2.16. The van der Waals surface area contributed by atoms with Crippen molar-refractivity contribution in [3.63, 3.8) is 0 Å². The molecular formula is C17H28N2O. The molecule has 1 aromatic rings. The maximum Gasteiger partial charge on any atom is 0.239 e. The number of amides is 1. The predicted octanol–water partition coefficient (Wildman–Crippen LogP) is 2.94. The van der Waals surface area contributed by atoms with Gasteiger partial charge >= 0.3 is 0 Å². The van der Waals surface area contributed by atoms with Crippen molar-refractivity contribution >= 4 is 5.91 Å². The third-order valence-electron chi connectivity index (χ3n) is 3.65. The van der Waals surface area contributed by atoms with Gasteiger partial charge in [0.2, 0.25) is 5.91 Å². The third-order valence-corrected chi connectivity index (χ3v) is 3.65. The summed E-state index contributed by atoms with van der Waals surface area (Å²) in [6, 6.07) is 8.45. The Morgan fingerprint density at radius 3 is 2.25 bits per heavy atom. The van der Waals surface area contributed by atoms with E-state index >= 15 is 0 Å². The number of likely N-dealkylation sites (N-methyl/N-ethyl adjacent to an activating group) is 1. The topological polar surface area (TPSA) is 32.3 Å². The van der Waals surface area contributed by atoms with E-state index in [2.05, 4.69) is 50.4 Å². The zero-order valence-corrected chi connectivity index (χ0v) is 13.7. The molecule has 0 aliphatic heterocycles. The molecule has 20 heavy (non-hydrogen) atoms. The second kappa shape index (κ2) is 6.89. The van der Waals surface area contributed by atoms with Crippen LogP contribution in [0.1, 0.15) is 45.7 Å². The molecule has 0 heterocycles. The summed E-state index contributed by atoms with van der Waals surface area (Å²) in [6.07, 6.45) is 0.